The van der Waals surface area contributed by atoms with Gasteiger partial charge in [-0.1, -0.05) is 0 Å². The Morgan fingerprint density at radius 3 is 2.45 bits per heavy atom. The van der Waals surface area contributed by atoms with Crippen molar-refractivity contribution in [3.8, 4) is 5.88 Å². The number of rotatable bonds is 5. The zero-order chi connectivity index (χ0) is 14.6. The standard InChI is InChI=1S/C11H11ClN4O3S/c1-2-19-10-4-3-8(5-13-10)16-20(17,18)9-6-14-11(12)15-7-9/h3-7,16H,2H2,1H3. The highest BCUT2D eigenvalue weighted by atomic mass is 35.5. The smallest absolute Gasteiger partial charge is 0.265 e. The number of hydrogen-bond donors (Lipinski definition) is 1. The number of aromatic nitrogens is 3. The highest BCUT2D eigenvalue weighted by Crippen LogP contribution is 2.16. The number of nitrogens with one attached hydrogen (secondary N) is 1. The van der Waals surface area contributed by atoms with Crippen LogP contribution in [-0.4, -0.2) is 30.0 Å². The Morgan fingerprint density at radius 1 is 1.20 bits per heavy atom. The lowest BCUT2D eigenvalue weighted by molar-refractivity contribution is 0.327. The number of pyridine rings is 1. The second-order valence-electron chi connectivity index (χ2n) is 3.61. The zero-order valence-electron chi connectivity index (χ0n) is 10.4. The Labute approximate surface area is 121 Å². The molecule has 0 aliphatic heterocycles. The predicted molar refractivity (Wildman–Crippen MR) is 73.3 cm³/mol. The quantitative estimate of drug-likeness (QED) is 0.845. The summed E-state index contributed by atoms with van der Waals surface area (Å²) in [6.45, 7) is 2.32. The third kappa shape index (κ3) is 3.55. The van der Waals surface area contributed by atoms with Gasteiger partial charge in [0.2, 0.25) is 11.2 Å². The Kier molecular flexibility index (Phi) is 4.35. The summed E-state index contributed by atoms with van der Waals surface area (Å²) >= 11 is 5.51. The van der Waals surface area contributed by atoms with E-state index in [9.17, 15) is 8.42 Å². The minimum Gasteiger partial charge on any atom is -0.478 e. The number of nitrogens with zero attached hydrogens (tertiary/aromatic N) is 3. The summed E-state index contributed by atoms with van der Waals surface area (Å²) in [7, 11) is -3.77. The van der Waals surface area contributed by atoms with Crippen LogP contribution in [0.3, 0.4) is 0 Å². The largest absolute Gasteiger partial charge is 0.478 e. The van der Waals surface area contributed by atoms with Crippen molar-refractivity contribution in [1.29, 1.82) is 0 Å². The van der Waals surface area contributed by atoms with Crippen LogP contribution in [0.25, 0.3) is 0 Å². The van der Waals surface area contributed by atoms with Crippen LogP contribution in [0.5, 0.6) is 5.88 Å². The van der Waals surface area contributed by atoms with E-state index < -0.39 is 10.0 Å². The summed E-state index contributed by atoms with van der Waals surface area (Å²) in [5, 5.41) is -0.0216. The molecule has 0 radical (unpaired) electrons. The van der Waals surface area contributed by atoms with E-state index >= 15 is 0 Å². The molecule has 0 bridgehead atoms. The van der Waals surface area contributed by atoms with Crippen molar-refractivity contribution >= 4 is 27.3 Å². The van der Waals surface area contributed by atoms with Crippen molar-refractivity contribution < 1.29 is 13.2 Å². The highest BCUT2D eigenvalue weighted by molar-refractivity contribution is 7.92. The van der Waals surface area contributed by atoms with Gasteiger partial charge in [0.05, 0.1) is 30.9 Å². The van der Waals surface area contributed by atoms with Gasteiger partial charge in [0, 0.05) is 6.07 Å². The Bertz CT molecular complexity index is 674. The predicted octanol–water partition coefficient (Wildman–Crippen LogP) is 1.72. The van der Waals surface area contributed by atoms with Gasteiger partial charge in [-0.25, -0.2) is 23.4 Å². The van der Waals surface area contributed by atoms with E-state index in [0.29, 0.717) is 18.2 Å². The molecule has 0 spiro atoms. The molecule has 0 aromatic carbocycles. The van der Waals surface area contributed by atoms with Gasteiger partial charge in [0.1, 0.15) is 4.90 Å². The number of halogens is 1. The fourth-order valence-electron chi connectivity index (χ4n) is 1.33. The first-order chi connectivity index (χ1) is 9.51. The molecular weight excluding hydrogens is 304 g/mol. The molecule has 9 heteroatoms. The van der Waals surface area contributed by atoms with E-state index in [-0.39, 0.29) is 10.2 Å². The first-order valence-corrected chi connectivity index (χ1v) is 7.46. The molecule has 0 amide bonds. The maximum Gasteiger partial charge on any atom is 0.265 e. The number of hydrogen-bond acceptors (Lipinski definition) is 6. The van der Waals surface area contributed by atoms with E-state index in [0.717, 1.165) is 12.4 Å². The lowest BCUT2D eigenvalue weighted by Crippen LogP contribution is -2.13. The molecule has 0 saturated heterocycles. The van der Waals surface area contributed by atoms with Gasteiger partial charge < -0.3 is 4.74 Å². The molecule has 106 valence electrons. The maximum absolute atomic E-state index is 12.0. The summed E-state index contributed by atoms with van der Waals surface area (Å²) < 4.78 is 31.6. The third-order valence-electron chi connectivity index (χ3n) is 2.19. The fraction of sp³-hybridized carbons (Fsp3) is 0.182. The molecule has 2 aromatic heterocycles. The van der Waals surface area contributed by atoms with Crippen molar-refractivity contribution in [2.75, 3.05) is 11.3 Å². The molecule has 0 fully saturated rings. The summed E-state index contributed by atoms with van der Waals surface area (Å²) in [5.41, 5.74) is 0.309. The van der Waals surface area contributed by atoms with Gasteiger partial charge in [-0.15, -0.1) is 0 Å². The van der Waals surface area contributed by atoms with Crippen molar-refractivity contribution in [1.82, 2.24) is 15.0 Å². The SMILES string of the molecule is CCOc1ccc(NS(=O)(=O)c2cnc(Cl)nc2)cn1. The van der Waals surface area contributed by atoms with Crippen molar-refractivity contribution in [3.63, 3.8) is 0 Å². The van der Waals surface area contributed by atoms with Crippen LogP contribution in [0.1, 0.15) is 6.92 Å². The zero-order valence-corrected chi connectivity index (χ0v) is 12.0. The second-order valence-corrected chi connectivity index (χ2v) is 5.63. The van der Waals surface area contributed by atoms with E-state index in [1.807, 2.05) is 6.92 Å². The van der Waals surface area contributed by atoms with Crippen LogP contribution in [0.4, 0.5) is 5.69 Å². The van der Waals surface area contributed by atoms with Crippen molar-refractivity contribution in [3.05, 3.63) is 36.0 Å². The van der Waals surface area contributed by atoms with Crippen LogP contribution >= 0.6 is 11.6 Å². The van der Waals surface area contributed by atoms with Crippen LogP contribution < -0.4 is 9.46 Å². The maximum atomic E-state index is 12.0. The Balaban J connectivity index is 2.17. The van der Waals surface area contributed by atoms with E-state index in [1.54, 1.807) is 12.1 Å². The number of sulfonamides is 1. The Morgan fingerprint density at radius 2 is 1.90 bits per heavy atom. The van der Waals surface area contributed by atoms with Gasteiger partial charge in [0.25, 0.3) is 10.0 Å². The minimum atomic E-state index is -3.77. The van der Waals surface area contributed by atoms with Crippen molar-refractivity contribution in [2.24, 2.45) is 0 Å². The molecule has 0 saturated carbocycles. The van der Waals surface area contributed by atoms with Crippen LogP contribution in [0.15, 0.2) is 35.6 Å². The summed E-state index contributed by atoms with van der Waals surface area (Å²) in [4.78, 5) is 11.1. The van der Waals surface area contributed by atoms with Gasteiger partial charge >= 0.3 is 0 Å². The van der Waals surface area contributed by atoms with Crippen molar-refractivity contribution in [2.45, 2.75) is 11.8 Å². The number of ether oxygens (including phenoxy) is 1. The molecule has 2 aromatic rings. The molecule has 2 heterocycles. The second kappa shape index (κ2) is 6.02. The van der Waals surface area contributed by atoms with Gasteiger partial charge in [0.15, 0.2) is 0 Å². The van der Waals surface area contributed by atoms with E-state index in [2.05, 4.69) is 19.7 Å². The van der Waals surface area contributed by atoms with Gasteiger partial charge in [-0.2, -0.15) is 0 Å². The van der Waals surface area contributed by atoms with Crippen LogP contribution in [-0.2, 0) is 10.0 Å². The minimum absolute atomic E-state index is 0.0216. The molecule has 2 rings (SSSR count). The lowest BCUT2D eigenvalue weighted by Gasteiger charge is -2.08. The molecule has 0 atom stereocenters. The summed E-state index contributed by atoms with van der Waals surface area (Å²) in [6.07, 6.45) is 3.61. The fourth-order valence-corrected chi connectivity index (χ4v) is 2.36. The topological polar surface area (TPSA) is 94.1 Å². The molecule has 0 aliphatic rings. The molecule has 0 unspecified atom stereocenters. The highest BCUT2D eigenvalue weighted by Gasteiger charge is 2.15. The third-order valence-corrected chi connectivity index (χ3v) is 3.72. The average Bonchev–Trinajstić information content (AvgIpc) is 2.41. The monoisotopic (exact) mass is 314 g/mol. The first kappa shape index (κ1) is 14.5. The number of anilines is 1. The average molecular weight is 315 g/mol. The Hall–Kier alpha value is -1.93. The molecule has 20 heavy (non-hydrogen) atoms. The van der Waals surface area contributed by atoms with E-state index in [4.69, 9.17) is 16.3 Å². The molecular formula is C11H11ClN4O3S. The summed E-state index contributed by atoms with van der Waals surface area (Å²) in [6, 6.07) is 3.12. The first-order valence-electron chi connectivity index (χ1n) is 5.60. The molecule has 7 nitrogen and oxygen atoms in total. The normalized spacial score (nSPS) is 11.1. The molecule has 1 N–H and O–H groups in total. The van der Waals surface area contributed by atoms with Crippen LogP contribution in [0.2, 0.25) is 5.28 Å². The van der Waals surface area contributed by atoms with Gasteiger partial charge in [-0.3, -0.25) is 4.72 Å². The van der Waals surface area contributed by atoms with Crippen LogP contribution in [0, 0.1) is 0 Å². The lowest BCUT2D eigenvalue weighted by atomic mass is 10.4. The van der Waals surface area contributed by atoms with Gasteiger partial charge in [-0.05, 0) is 24.6 Å². The van der Waals surface area contributed by atoms with E-state index in [1.165, 1.54) is 6.20 Å². The molecule has 0 aliphatic carbocycles. The summed E-state index contributed by atoms with van der Waals surface area (Å²) in [5.74, 6) is 0.422.